The van der Waals surface area contributed by atoms with E-state index >= 15 is 0 Å². The second-order valence-corrected chi connectivity index (χ2v) is 15.2. The van der Waals surface area contributed by atoms with Gasteiger partial charge in [0.1, 0.15) is 0 Å². The van der Waals surface area contributed by atoms with Crippen LogP contribution in [0.3, 0.4) is 0 Å². The van der Waals surface area contributed by atoms with Crippen molar-refractivity contribution in [3.05, 3.63) is 165 Å². The van der Waals surface area contributed by atoms with E-state index in [0.717, 1.165) is 6.42 Å². The molecule has 0 amide bonds. The average Bonchev–Trinajstić information content (AvgIpc) is 3.57. The summed E-state index contributed by atoms with van der Waals surface area (Å²) in [7, 11) is 1.41. The Morgan fingerprint density at radius 2 is 1.11 bits per heavy atom. The molecule has 0 saturated heterocycles. The monoisotopic (exact) mass is 614 g/mol. The zero-order valence-electron chi connectivity index (χ0n) is 20.2. The molecule has 4 aromatic rings. The van der Waals surface area contributed by atoms with Gasteiger partial charge in [-0.15, -0.1) is 24.8 Å². The largest absolute Gasteiger partial charge is 0.147 e. The minimum absolute atomic E-state index is 0. The van der Waals surface area contributed by atoms with Crippen molar-refractivity contribution in [2.45, 2.75) is 9.28 Å². The summed E-state index contributed by atoms with van der Waals surface area (Å²) >= 11 is -1.08. The van der Waals surface area contributed by atoms with Crippen LogP contribution in [0.2, 0.25) is 0 Å². The summed E-state index contributed by atoms with van der Waals surface area (Å²) in [6, 6.07) is 44.6. The molecular weight excluding hydrogens is 589 g/mol. The van der Waals surface area contributed by atoms with Gasteiger partial charge in [-0.2, -0.15) is 0 Å². The molecule has 0 spiro atoms. The van der Waals surface area contributed by atoms with Crippen LogP contribution in [0.1, 0.15) is 28.7 Å². The second kappa shape index (κ2) is 12.5. The van der Waals surface area contributed by atoms with Crippen molar-refractivity contribution >= 4 is 49.5 Å². The van der Waals surface area contributed by atoms with Gasteiger partial charge in [-0.05, 0) is 0 Å². The van der Waals surface area contributed by atoms with Crippen molar-refractivity contribution < 1.29 is 23.2 Å². The first-order chi connectivity index (χ1) is 17.4. The molecular formula is C33H27Cl2PZr. The van der Waals surface area contributed by atoms with Crippen molar-refractivity contribution in [2.75, 3.05) is 0 Å². The predicted octanol–water partition coefficient (Wildman–Crippen LogP) is 9.40. The third-order valence-electron chi connectivity index (χ3n) is 6.60. The fourth-order valence-electron chi connectivity index (χ4n) is 5.05. The van der Waals surface area contributed by atoms with Crippen molar-refractivity contribution in [1.29, 1.82) is 0 Å². The van der Waals surface area contributed by atoms with Crippen LogP contribution in [0.25, 0.3) is 11.1 Å². The number of allylic oxidation sites excluding steroid dienone is 6. The molecule has 0 fully saturated rings. The Morgan fingerprint density at radius 3 is 1.65 bits per heavy atom. The SMILES string of the molecule is C1=CC[C]([Zr][C]2(c3ccccc3)P=C(c3ccccc3)C(c3ccccc3)=C2c2ccccc2)=C1.Cl.Cl. The molecule has 0 nitrogen and oxygen atoms in total. The maximum absolute atomic E-state index is 2.40. The van der Waals surface area contributed by atoms with Crippen LogP contribution in [-0.2, 0) is 26.1 Å². The van der Waals surface area contributed by atoms with Gasteiger partial charge in [0, 0.05) is 0 Å². The Bertz CT molecular complexity index is 1460. The summed E-state index contributed by atoms with van der Waals surface area (Å²) in [5.74, 6) is 0. The number of hydrogen-bond acceptors (Lipinski definition) is 0. The molecule has 182 valence electrons. The zero-order valence-corrected chi connectivity index (χ0v) is 25.2. The van der Waals surface area contributed by atoms with Crippen LogP contribution >= 0.6 is 33.0 Å². The Kier molecular flexibility index (Phi) is 9.39. The molecule has 0 N–H and O–H groups in total. The summed E-state index contributed by atoms with van der Waals surface area (Å²) < 4.78 is 1.67. The number of halogens is 2. The van der Waals surface area contributed by atoms with Crippen LogP contribution in [0.4, 0.5) is 0 Å². The van der Waals surface area contributed by atoms with Gasteiger partial charge in [0.25, 0.3) is 0 Å². The molecule has 0 bridgehead atoms. The van der Waals surface area contributed by atoms with Crippen LogP contribution in [-0.4, -0.2) is 5.29 Å². The van der Waals surface area contributed by atoms with Gasteiger partial charge in [-0.3, -0.25) is 0 Å². The van der Waals surface area contributed by atoms with Crippen LogP contribution in [0.5, 0.6) is 0 Å². The standard InChI is InChI=1S/C28H20P.C5H5.2ClH.Zr/c1-5-13-21(14-6-1)25-26(22-15-7-2-8-16-22)28(24-19-11-4-12-20-24)29-27(25)23-17-9-3-10-18-23;1-2-4-5-3-1;;;/h1-20H;1-3H,4H2;2*1H;. The third-order valence-corrected chi connectivity index (χ3v) is 13.5. The maximum atomic E-state index is 2.40. The Labute approximate surface area is 245 Å². The van der Waals surface area contributed by atoms with E-state index in [2.05, 4.69) is 140 Å². The van der Waals surface area contributed by atoms with Gasteiger partial charge in [0.05, 0.1) is 0 Å². The summed E-state index contributed by atoms with van der Waals surface area (Å²) in [4.78, 5) is 0. The number of rotatable bonds is 6. The van der Waals surface area contributed by atoms with Gasteiger partial charge in [0.2, 0.25) is 0 Å². The molecule has 37 heavy (non-hydrogen) atoms. The normalized spacial score (nSPS) is 18.4. The summed E-state index contributed by atoms with van der Waals surface area (Å²) in [5.41, 5.74) is 8.38. The van der Waals surface area contributed by atoms with E-state index in [1.165, 1.54) is 46.9 Å². The van der Waals surface area contributed by atoms with Crippen LogP contribution in [0.15, 0.2) is 143 Å². The predicted molar refractivity (Wildman–Crippen MR) is 162 cm³/mol. The van der Waals surface area contributed by atoms with Crippen LogP contribution < -0.4 is 0 Å². The van der Waals surface area contributed by atoms with E-state index in [-0.39, 0.29) is 27.7 Å². The maximum Gasteiger partial charge on any atom is -0.147 e. The Morgan fingerprint density at radius 1 is 0.595 bits per heavy atom. The van der Waals surface area contributed by atoms with Crippen molar-refractivity contribution in [3.63, 3.8) is 0 Å². The first-order valence-electron chi connectivity index (χ1n) is 12.1. The fraction of sp³-hybridized carbons (Fsp3) is 0.0606. The smallest absolute Gasteiger partial charge is 0.147 e. The molecule has 0 radical (unpaired) electrons. The molecule has 1 unspecified atom stereocenters. The van der Waals surface area contributed by atoms with Gasteiger partial charge in [0.15, 0.2) is 0 Å². The summed E-state index contributed by atoms with van der Waals surface area (Å²) in [6.45, 7) is 0. The Hall–Kier alpha value is -2.27. The molecule has 1 atom stereocenters. The molecule has 4 heteroatoms. The summed E-state index contributed by atoms with van der Waals surface area (Å²) in [6.07, 6.45) is 8.09. The van der Waals surface area contributed by atoms with Gasteiger partial charge in [-0.1, -0.05) is 0 Å². The molecule has 2 aliphatic rings. The van der Waals surface area contributed by atoms with Gasteiger partial charge >= 0.3 is 222 Å². The number of hydrogen-bond donors (Lipinski definition) is 0. The summed E-state index contributed by atoms with van der Waals surface area (Å²) in [5, 5.41) is 1.45. The molecule has 0 saturated carbocycles. The molecule has 6 rings (SSSR count). The minimum atomic E-state index is -1.08. The van der Waals surface area contributed by atoms with E-state index < -0.39 is 23.2 Å². The Balaban J connectivity index is 0.00000160. The van der Waals surface area contributed by atoms with Crippen molar-refractivity contribution in [1.82, 2.24) is 0 Å². The van der Waals surface area contributed by atoms with E-state index in [1.807, 2.05) is 0 Å². The first-order valence-corrected chi connectivity index (χ1v) is 15.4. The molecule has 4 aromatic carbocycles. The molecule has 0 aromatic heterocycles. The zero-order chi connectivity index (χ0) is 23.5. The fourth-order valence-corrected chi connectivity index (χ4v) is 12.6. The number of benzene rings is 4. The minimum Gasteiger partial charge on any atom is -0.147 e. The van der Waals surface area contributed by atoms with Gasteiger partial charge in [-0.25, -0.2) is 0 Å². The molecule has 1 heterocycles. The average molecular weight is 617 g/mol. The van der Waals surface area contributed by atoms with E-state index in [9.17, 15) is 0 Å². The van der Waals surface area contributed by atoms with E-state index in [4.69, 9.17) is 0 Å². The van der Waals surface area contributed by atoms with Gasteiger partial charge < -0.3 is 0 Å². The van der Waals surface area contributed by atoms with E-state index in [0.29, 0.717) is 0 Å². The quantitative estimate of drug-likeness (QED) is 0.189. The molecule has 1 aliphatic heterocycles. The first kappa shape index (κ1) is 27.8. The molecule has 1 aliphatic carbocycles. The topological polar surface area (TPSA) is 0 Å². The van der Waals surface area contributed by atoms with E-state index in [1.54, 1.807) is 3.28 Å². The van der Waals surface area contributed by atoms with Crippen molar-refractivity contribution in [2.24, 2.45) is 0 Å². The van der Waals surface area contributed by atoms with Crippen molar-refractivity contribution in [3.8, 4) is 0 Å². The van der Waals surface area contributed by atoms with Crippen LogP contribution in [0, 0.1) is 0 Å². The third kappa shape index (κ3) is 5.48. The second-order valence-electron chi connectivity index (χ2n) is 8.83.